The molecule has 1 aromatic heterocycles. The average Bonchev–Trinajstić information content (AvgIpc) is 2.95. The lowest BCUT2D eigenvalue weighted by atomic mass is 10.2. The molecule has 0 aliphatic carbocycles. The Hall–Kier alpha value is -2.67. The number of carbonyl (C=O) groups is 1. The van der Waals surface area contributed by atoms with Gasteiger partial charge in [0, 0.05) is 0 Å². The van der Waals surface area contributed by atoms with E-state index in [0.29, 0.717) is 10.9 Å². The standard InChI is InChI=1S/C16H13FN2O3S/c1-21-9-6-7-12-13(8-9)23-16(18-12)19-15(20)10-4-3-5-11(17)14(10)22-2/h3-8H,1-2H3,(H,18,19,20). The van der Waals surface area contributed by atoms with Crippen LogP contribution in [0.25, 0.3) is 10.2 Å². The summed E-state index contributed by atoms with van der Waals surface area (Å²) < 4.78 is 24.7. The van der Waals surface area contributed by atoms with E-state index in [0.717, 1.165) is 10.2 Å². The van der Waals surface area contributed by atoms with E-state index in [4.69, 9.17) is 9.47 Å². The van der Waals surface area contributed by atoms with Gasteiger partial charge in [0.1, 0.15) is 5.75 Å². The minimum absolute atomic E-state index is 0.0900. The molecular formula is C16H13FN2O3S. The lowest BCUT2D eigenvalue weighted by Crippen LogP contribution is -2.13. The fraction of sp³-hybridized carbons (Fsp3) is 0.125. The van der Waals surface area contributed by atoms with Crippen molar-refractivity contribution < 1.29 is 18.7 Å². The van der Waals surface area contributed by atoms with E-state index in [2.05, 4.69) is 10.3 Å². The van der Waals surface area contributed by atoms with Crippen LogP contribution in [-0.2, 0) is 0 Å². The lowest BCUT2D eigenvalue weighted by Gasteiger charge is -2.08. The summed E-state index contributed by atoms with van der Waals surface area (Å²) in [6.45, 7) is 0. The molecular weight excluding hydrogens is 319 g/mol. The number of benzene rings is 2. The van der Waals surface area contributed by atoms with Crippen LogP contribution in [0.4, 0.5) is 9.52 Å². The van der Waals surface area contributed by atoms with E-state index in [-0.39, 0.29) is 11.3 Å². The zero-order valence-electron chi connectivity index (χ0n) is 12.4. The van der Waals surface area contributed by atoms with Crippen molar-refractivity contribution in [1.29, 1.82) is 0 Å². The van der Waals surface area contributed by atoms with Gasteiger partial charge in [-0.2, -0.15) is 0 Å². The second-order valence-electron chi connectivity index (χ2n) is 4.63. The number of halogens is 1. The van der Waals surface area contributed by atoms with Crippen LogP contribution in [0.1, 0.15) is 10.4 Å². The van der Waals surface area contributed by atoms with Gasteiger partial charge in [0.15, 0.2) is 16.7 Å². The van der Waals surface area contributed by atoms with Crippen LogP contribution in [0.2, 0.25) is 0 Å². The Bertz CT molecular complexity index is 879. The number of anilines is 1. The van der Waals surface area contributed by atoms with Crippen LogP contribution in [0.5, 0.6) is 11.5 Å². The molecule has 1 amide bonds. The van der Waals surface area contributed by atoms with Crippen molar-refractivity contribution in [3.05, 3.63) is 47.8 Å². The second kappa shape index (κ2) is 6.21. The number of para-hydroxylation sites is 1. The van der Waals surface area contributed by atoms with Crippen molar-refractivity contribution in [2.24, 2.45) is 0 Å². The summed E-state index contributed by atoms with van der Waals surface area (Å²) in [5.74, 6) is -0.444. The Kier molecular flexibility index (Phi) is 4.12. The van der Waals surface area contributed by atoms with Crippen molar-refractivity contribution >= 4 is 32.6 Å². The van der Waals surface area contributed by atoms with Crippen molar-refractivity contribution in [2.75, 3.05) is 19.5 Å². The Morgan fingerprint density at radius 1 is 1.22 bits per heavy atom. The highest BCUT2D eigenvalue weighted by Gasteiger charge is 2.17. The number of rotatable bonds is 4. The zero-order valence-corrected chi connectivity index (χ0v) is 13.2. The first-order valence-electron chi connectivity index (χ1n) is 6.71. The number of amides is 1. The number of methoxy groups -OCH3 is 2. The fourth-order valence-corrected chi connectivity index (χ4v) is 3.03. The number of hydrogen-bond donors (Lipinski definition) is 1. The van der Waals surface area contributed by atoms with Crippen LogP contribution in [0, 0.1) is 5.82 Å². The van der Waals surface area contributed by atoms with Gasteiger partial charge >= 0.3 is 0 Å². The SMILES string of the molecule is COc1ccc2nc(NC(=O)c3cccc(F)c3OC)sc2c1. The highest BCUT2D eigenvalue weighted by atomic mass is 32.1. The quantitative estimate of drug-likeness (QED) is 0.791. The maximum absolute atomic E-state index is 13.7. The highest BCUT2D eigenvalue weighted by molar-refractivity contribution is 7.22. The minimum Gasteiger partial charge on any atom is -0.497 e. The predicted octanol–water partition coefficient (Wildman–Crippen LogP) is 3.70. The van der Waals surface area contributed by atoms with E-state index < -0.39 is 11.7 Å². The molecule has 5 nitrogen and oxygen atoms in total. The van der Waals surface area contributed by atoms with Gasteiger partial charge in [-0.15, -0.1) is 0 Å². The smallest absolute Gasteiger partial charge is 0.261 e. The number of nitrogens with zero attached hydrogens (tertiary/aromatic N) is 1. The molecule has 1 N–H and O–H groups in total. The molecule has 2 aromatic carbocycles. The van der Waals surface area contributed by atoms with Crippen LogP contribution in [0.3, 0.4) is 0 Å². The van der Waals surface area contributed by atoms with Gasteiger partial charge in [0.25, 0.3) is 5.91 Å². The molecule has 118 valence electrons. The molecule has 0 atom stereocenters. The summed E-state index contributed by atoms with van der Waals surface area (Å²) >= 11 is 1.31. The van der Waals surface area contributed by atoms with Crippen molar-refractivity contribution in [2.45, 2.75) is 0 Å². The van der Waals surface area contributed by atoms with Crippen LogP contribution in [0.15, 0.2) is 36.4 Å². The first-order chi connectivity index (χ1) is 11.1. The molecule has 0 bridgehead atoms. The van der Waals surface area contributed by atoms with Crippen molar-refractivity contribution in [3.63, 3.8) is 0 Å². The predicted molar refractivity (Wildman–Crippen MR) is 87.1 cm³/mol. The molecule has 23 heavy (non-hydrogen) atoms. The zero-order chi connectivity index (χ0) is 16.4. The summed E-state index contributed by atoms with van der Waals surface area (Å²) in [7, 11) is 2.90. The van der Waals surface area contributed by atoms with Crippen LogP contribution >= 0.6 is 11.3 Å². The Morgan fingerprint density at radius 3 is 2.78 bits per heavy atom. The third-order valence-electron chi connectivity index (χ3n) is 3.23. The van der Waals surface area contributed by atoms with Crippen molar-refractivity contribution in [1.82, 2.24) is 4.98 Å². The first-order valence-corrected chi connectivity index (χ1v) is 7.52. The van der Waals surface area contributed by atoms with Crippen LogP contribution in [-0.4, -0.2) is 25.1 Å². The number of aromatic nitrogens is 1. The number of fused-ring (bicyclic) bond motifs is 1. The number of hydrogen-bond acceptors (Lipinski definition) is 5. The van der Waals surface area contributed by atoms with Gasteiger partial charge < -0.3 is 9.47 Å². The fourth-order valence-electron chi connectivity index (χ4n) is 2.14. The minimum atomic E-state index is -0.589. The van der Waals surface area contributed by atoms with Gasteiger partial charge in [-0.3, -0.25) is 10.1 Å². The summed E-state index contributed by atoms with van der Waals surface area (Å²) in [6.07, 6.45) is 0. The number of nitrogens with one attached hydrogen (secondary N) is 1. The number of carbonyl (C=O) groups excluding carboxylic acids is 1. The molecule has 3 aromatic rings. The maximum Gasteiger partial charge on any atom is 0.261 e. The molecule has 3 rings (SSSR count). The van der Waals surface area contributed by atoms with E-state index in [1.165, 1.54) is 36.6 Å². The van der Waals surface area contributed by atoms with Gasteiger partial charge in [-0.1, -0.05) is 17.4 Å². The molecule has 0 aliphatic rings. The molecule has 0 fully saturated rings. The summed E-state index contributed by atoms with van der Waals surface area (Å²) in [4.78, 5) is 16.7. The Morgan fingerprint density at radius 2 is 2.04 bits per heavy atom. The second-order valence-corrected chi connectivity index (χ2v) is 5.66. The first kappa shape index (κ1) is 15.2. The van der Waals surface area contributed by atoms with Gasteiger partial charge in [0.2, 0.25) is 0 Å². The monoisotopic (exact) mass is 332 g/mol. The molecule has 0 radical (unpaired) electrons. The molecule has 0 unspecified atom stereocenters. The van der Waals surface area contributed by atoms with E-state index in [1.54, 1.807) is 13.2 Å². The van der Waals surface area contributed by atoms with Crippen LogP contribution < -0.4 is 14.8 Å². The number of ether oxygens (including phenoxy) is 2. The summed E-state index contributed by atoms with van der Waals surface area (Å²) in [5, 5.41) is 3.09. The summed E-state index contributed by atoms with van der Waals surface area (Å²) in [6, 6.07) is 9.63. The molecule has 0 aliphatic heterocycles. The maximum atomic E-state index is 13.7. The normalized spacial score (nSPS) is 10.6. The largest absolute Gasteiger partial charge is 0.497 e. The van der Waals surface area contributed by atoms with E-state index >= 15 is 0 Å². The molecule has 0 saturated heterocycles. The Labute approximate surface area is 135 Å². The molecule has 0 spiro atoms. The number of thiazole rings is 1. The third kappa shape index (κ3) is 2.95. The average molecular weight is 332 g/mol. The molecule has 7 heteroatoms. The van der Waals surface area contributed by atoms with Gasteiger partial charge in [-0.25, -0.2) is 9.37 Å². The third-order valence-corrected chi connectivity index (χ3v) is 4.17. The summed E-state index contributed by atoms with van der Waals surface area (Å²) in [5.41, 5.74) is 0.863. The van der Waals surface area contributed by atoms with Gasteiger partial charge in [0.05, 0.1) is 30.0 Å². The van der Waals surface area contributed by atoms with E-state index in [1.807, 2.05) is 12.1 Å². The van der Waals surface area contributed by atoms with Gasteiger partial charge in [-0.05, 0) is 30.3 Å². The Balaban J connectivity index is 1.90. The van der Waals surface area contributed by atoms with Crippen molar-refractivity contribution in [3.8, 4) is 11.5 Å². The highest BCUT2D eigenvalue weighted by Crippen LogP contribution is 2.30. The van der Waals surface area contributed by atoms with E-state index in [9.17, 15) is 9.18 Å². The topological polar surface area (TPSA) is 60.5 Å². The molecule has 1 heterocycles. The lowest BCUT2D eigenvalue weighted by molar-refractivity contribution is 0.102. The molecule has 0 saturated carbocycles.